The van der Waals surface area contributed by atoms with Crippen LogP contribution in [-0.2, 0) is 10.2 Å². The average Bonchev–Trinajstić information content (AvgIpc) is 2.66. The van der Waals surface area contributed by atoms with Crippen molar-refractivity contribution in [3.63, 3.8) is 0 Å². The molecular weight excluding hydrogens is 356 g/mol. The molecule has 5 nitrogen and oxygen atoms in total. The Kier molecular flexibility index (Phi) is 6.73. The van der Waals surface area contributed by atoms with Crippen molar-refractivity contribution in [3.8, 4) is 23.0 Å². The third kappa shape index (κ3) is 5.06. The van der Waals surface area contributed by atoms with E-state index in [9.17, 15) is 4.79 Å². The lowest BCUT2D eigenvalue weighted by atomic mass is 9.86. The number of benzene rings is 2. The van der Waals surface area contributed by atoms with E-state index >= 15 is 0 Å². The van der Waals surface area contributed by atoms with Crippen molar-refractivity contribution < 1.29 is 23.7 Å². The molecule has 0 radical (unpaired) electrons. The highest BCUT2D eigenvalue weighted by Crippen LogP contribution is 2.38. The van der Waals surface area contributed by atoms with Crippen molar-refractivity contribution in [2.24, 2.45) is 0 Å². The van der Waals surface area contributed by atoms with Crippen LogP contribution in [-0.4, -0.2) is 27.3 Å². The maximum atomic E-state index is 12.3. The summed E-state index contributed by atoms with van der Waals surface area (Å²) in [5.41, 5.74) is 2.88. The first kappa shape index (κ1) is 21.4. The molecule has 0 atom stereocenters. The lowest BCUT2D eigenvalue weighted by molar-refractivity contribution is -0.128. The van der Waals surface area contributed by atoms with Crippen LogP contribution in [0.4, 0.5) is 0 Å². The molecule has 28 heavy (non-hydrogen) atoms. The van der Waals surface area contributed by atoms with Crippen LogP contribution >= 0.6 is 0 Å². The first-order chi connectivity index (χ1) is 13.2. The van der Waals surface area contributed by atoms with E-state index in [-0.39, 0.29) is 5.41 Å². The number of hydrogen-bond donors (Lipinski definition) is 0. The largest absolute Gasteiger partial charge is 0.493 e. The van der Waals surface area contributed by atoms with Crippen LogP contribution < -0.4 is 18.9 Å². The van der Waals surface area contributed by atoms with Gasteiger partial charge in [0.15, 0.2) is 11.5 Å². The second kappa shape index (κ2) is 8.83. The van der Waals surface area contributed by atoms with Crippen molar-refractivity contribution in [2.45, 2.75) is 33.1 Å². The van der Waals surface area contributed by atoms with Crippen molar-refractivity contribution in [1.29, 1.82) is 0 Å². The molecule has 0 N–H and O–H groups in total. The van der Waals surface area contributed by atoms with Crippen LogP contribution in [0.1, 0.15) is 37.5 Å². The second-order valence-electron chi connectivity index (χ2n) is 7.44. The number of hydrogen-bond acceptors (Lipinski definition) is 5. The lowest BCUT2D eigenvalue weighted by Gasteiger charge is -2.20. The van der Waals surface area contributed by atoms with Crippen molar-refractivity contribution in [3.05, 3.63) is 53.1 Å². The van der Waals surface area contributed by atoms with Crippen molar-refractivity contribution in [1.82, 2.24) is 0 Å². The Balaban J connectivity index is 2.18. The Hall–Kier alpha value is -2.95. The Morgan fingerprint density at radius 3 is 1.96 bits per heavy atom. The zero-order chi connectivity index (χ0) is 20.9. The van der Waals surface area contributed by atoms with E-state index in [2.05, 4.69) is 20.8 Å². The van der Waals surface area contributed by atoms with E-state index in [1.165, 1.54) is 11.6 Å². The smallest absolute Gasteiger partial charge is 0.336 e. The van der Waals surface area contributed by atoms with E-state index in [1.807, 2.05) is 25.1 Å². The third-order valence-electron chi connectivity index (χ3n) is 4.35. The molecule has 2 aromatic rings. The maximum absolute atomic E-state index is 12.3. The zero-order valence-corrected chi connectivity index (χ0v) is 17.6. The highest BCUT2D eigenvalue weighted by molar-refractivity contribution is 5.89. The second-order valence-corrected chi connectivity index (χ2v) is 7.44. The van der Waals surface area contributed by atoms with Crippen LogP contribution in [0.15, 0.2) is 36.4 Å². The van der Waals surface area contributed by atoms with E-state index in [0.29, 0.717) is 23.0 Å². The molecule has 0 amide bonds. The lowest BCUT2D eigenvalue weighted by Crippen LogP contribution is -2.12. The number of ether oxygens (including phenoxy) is 4. The molecule has 5 heteroatoms. The van der Waals surface area contributed by atoms with E-state index < -0.39 is 5.97 Å². The standard InChI is InChI=1S/C23H28O5/c1-15-12-17(23(2,3)4)9-10-18(15)28-21(24)11-8-16-13-19(25-5)22(27-7)20(14-16)26-6/h8-14H,1-7H3/b11-8+. The van der Waals surface area contributed by atoms with Gasteiger partial charge in [-0.05, 0) is 53.3 Å². The van der Waals surface area contributed by atoms with Crippen LogP contribution in [0.3, 0.4) is 0 Å². The van der Waals surface area contributed by atoms with Gasteiger partial charge in [0.25, 0.3) is 0 Å². The summed E-state index contributed by atoms with van der Waals surface area (Å²) in [6.45, 7) is 8.37. The van der Waals surface area contributed by atoms with Crippen molar-refractivity contribution in [2.75, 3.05) is 21.3 Å². The molecule has 2 rings (SSSR count). The molecule has 0 fully saturated rings. The summed E-state index contributed by atoms with van der Waals surface area (Å²) >= 11 is 0. The molecule has 0 bridgehead atoms. The molecule has 150 valence electrons. The van der Waals surface area contributed by atoms with Crippen LogP contribution in [0.25, 0.3) is 6.08 Å². The van der Waals surface area contributed by atoms with E-state index in [0.717, 1.165) is 11.1 Å². The van der Waals surface area contributed by atoms with Gasteiger partial charge in [-0.15, -0.1) is 0 Å². The van der Waals surface area contributed by atoms with Gasteiger partial charge in [0.05, 0.1) is 21.3 Å². The Morgan fingerprint density at radius 1 is 0.893 bits per heavy atom. The number of rotatable bonds is 6. The molecule has 0 spiro atoms. The minimum Gasteiger partial charge on any atom is -0.493 e. The third-order valence-corrected chi connectivity index (χ3v) is 4.35. The molecule has 0 aliphatic carbocycles. The maximum Gasteiger partial charge on any atom is 0.336 e. The zero-order valence-electron chi connectivity index (χ0n) is 17.6. The van der Waals surface area contributed by atoms with Gasteiger partial charge in [-0.3, -0.25) is 0 Å². The summed E-state index contributed by atoms with van der Waals surface area (Å²) in [7, 11) is 4.63. The Morgan fingerprint density at radius 2 is 1.50 bits per heavy atom. The fourth-order valence-corrected chi connectivity index (χ4v) is 2.73. The molecular formula is C23H28O5. The summed E-state index contributed by atoms with van der Waals surface area (Å²) in [6, 6.07) is 9.38. The fourth-order valence-electron chi connectivity index (χ4n) is 2.73. The SMILES string of the molecule is COc1cc(/C=C/C(=O)Oc2ccc(C(C)(C)C)cc2C)cc(OC)c1OC. The van der Waals surface area contributed by atoms with Gasteiger partial charge in [0.2, 0.25) is 5.75 Å². The molecule has 0 aliphatic rings. The van der Waals surface area contributed by atoms with Gasteiger partial charge in [0.1, 0.15) is 5.75 Å². The van der Waals surface area contributed by atoms with Gasteiger partial charge < -0.3 is 18.9 Å². The Bertz CT molecular complexity index is 850. The van der Waals surface area contributed by atoms with Crippen LogP contribution in [0, 0.1) is 6.92 Å². The predicted molar refractivity (Wildman–Crippen MR) is 111 cm³/mol. The first-order valence-corrected chi connectivity index (χ1v) is 9.00. The molecule has 0 heterocycles. The monoisotopic (exact) mass is 384 g/mol. The van der Waals surface area contributed by atoms with E-state index in [4.69, 9.17) is 18.9 Å². The van der Waals surface area contributed by atoms with Gasteiger partial charge in [-0.1, -0.05) is 32.9 Å². The summed E-state index contributed by atoms with van der Waals surface area (Å²) in [4.78, 5) is 12.3. The minimum absolute atomic E-state index is 0.0413. The first-order valence-electron chi connectivity index (χ1n) is 9.00. The highest BCUT2D eigenvalue weighted by Gasteiger charge is 2.16. The highest BCUT2D eigenvalue weighted by atomic mass is 16.5. The predicted octanol–water partition coefficient (Wildman–Crippen LogP) is 4.94. The molecule has 2 aromatic carbocycles. The number of aryl methyl sites for hydroxylation is 1. The quantitative estimate of drug-likeness (QED) is 0.401. The number of carbonyl (C=O) groups is 1. The fraction of sp³-hybridized carbons (Fsp3) is 0.348. The number of methoxy groups -OCH3 is 3. The number of carbonyl (C=O) groups excluding carboxylic acids is 1. The summed E-state index contributed by atoms with van der Waals surface area (Å²) in [5.74, 6) is 1.62. The van der Waals surface area contributed by atoms with Gasteiger partial charge in [-0.25, -0.2) is 4.79 Å². The molecule has 0 unspecified atom stereocenters. The molecule has 0 saturated carbocycles. The van der Waals surface area contributed by atoms with Crippen LogP contribution in [0.5, 0.6) is 23.0 Å². The van der Waals surface area contributed by atoms with Gasteiger partial charge in [-0.2, -0.15) is 0 Å². The van der Waals surface area contributed by atoms with Gasteiger partial charge >= 0.3 is 5.97 Å². The van der Waals surface area contributed by atoms with E-state index in [1.54, 1.807) is 39.5 Å². The van der Waals surface area contributed by atoms with Gasteiger partial charge in [0, 0.05) is 6.08 Å². The summed E-state index contributed by atoms with van der Waals surface area (Å²) in [5, 5.41) is 0. The normalized spacial score (nSPS) is 11.4. The summed E-state index contributed by atoms with van der Waals surface area (Å²) in [6.07, 6.45) is 3.02. The molecule has 0 aromatic heterocycles. The van der Waals surface area contributed by atoms with Crippen LogP contribution in [0.2, 0.25) is 0 Å². The molecule has 0 aliphatic heterocycles. The molecule has 0 saturated heterocycles. The topological polar surface area (TPSA) is 54.0 Å². The Labute approximate surface area is 166 Å². The minimum atomic E-state index is -0.458. The average molecular weight is 384 g/mol. The van der Waals surface area contributed by atoms with Crippen molar-refractivity contribution >= 4 is 12.0 Å². The number of esters is 1. The summed E-state index contributed by atoms with van der Waals surface area (Å²) < 4.78 is 21.4.